The van der Waals surface area contributed by atoms with Gasteiger partial charge in [-0.1, -0.05) is 30.3 Å². The highest BCUT2D eigenvalue weighted by molar-refractivity contribution is 5.16. The fourth-order valence-corrected chi connectivity index (χ4v) is 3.25. The quantitative estimate of drug-likeness (QED) is 0.876. The first-order chi connectivity index (χ1) is 11.3. The molecule has 0 amide bonds. The Labute approximate surface area is 138 Å². The van der Waals surface area contributed by atoms with E-state index < -0.39 is 0 Å². The molecule has 23 heavy (non-hydrogen) atoms. The monoisotopic (exact) mass is 314 g/mol. The molecular weight excluding hydrogens is 288 g/mol. The van der Waals surface area contributed by atoms with E-state index in [-0.39, 0.29) is 6.61 Å². The molecule has 1 fully saturated rings. The zero-order valence-corrected chi connectivity index (χ0v) is 13.8. The van der Waals surface area contributed by atoms with E-state index in [0.717, 1.165) is 39.1 Å². The van der Waals surface area contributed by atoms with Crippen LogP contribution in [0, 0.1) is 0 Å². The van der Waals surface area contributed by atoms with E-state index in [1.165, 1.54) is 11.3 Å². The van der Waals surface area contributed by atoms with Crippen molar-refractivity contribution in [2.75, 3.05) is 33.3 Å². The molecule has 1 unspecified atom stereocenters. The van der Waals surface area contributed by atoms with Crippen LogP contribution in [-0.4, -0.2) is 63.8 Å². The average molecular weight is 314 g/mol. The summed E-state index contributed by atoms with van der Waals surface area (Å²) >= 11 is 0. The average Bonchev–Trinajstić information content (AvgIpc) is 2.99. The van der Waals surface area contributed by atoms with Crippen LogP contribution in [0.1, 0.15) is 17.7 Å². The number of likely N-dealkylation sites (N-methyl/N-ethyl adjacent to an activating group) is 1. The Hall–Kier alpha value is -1.69. The van der Waals surface area contributed by atoms with E-state index in [0.29, 0.717) is 6.04 Å². The summed E-state index contributed by atoms with van der Waals surface area (Å²) in [6.45, 7) is 5.17. The van der Waals surface area contributed by atoms with Crippen molar-refractivity contribution in [3.63, 3.8) is 0 Å². The summed E-state index contributed by atoms with van der Waals surface area (Å²) in [5.74, 6) is 0. The second kappa shape index (κ2) is 7.73. The largest absolute Gasteiger partial charge is 0.396 e. The van der Waals surface area contributed by atoms with Crippen molar-refractivity contribution in [1.82, 2.24) is 19.4 Å². The lowest BCUT2D eigenvalue weighted by Crippen LogP contribution is -2.51. The summed E-state index contributed by atoms with van der Waals surface area (Å²) in [7, 11) is 2.15. The fraction of sp³-hybridized carbons (Fsp3) is 0.500. The Bertz CT molecular complexity index is 598. The van der Waals surface area contributed by atoms with Crippen LogP contribution in [0.15, 0.2) is 42.9 Å². The molecule has 124 valence electrons. The third-order valence-corrected chi connectivity index (χ3v) is 4.70. The van der Waals surface area contributed by atoms with Gasteiger partial charge in [0.1, 0.15) is 0 Å². The molecule has 0 spiro atoms. The van der Waals surface area contributed by atoms with Gasteiger partial charge >= 0.3 is 0 Å². The van der Waals surface area contributed by atoms with Crippen molar-refractivity contribution >= 4 is 0 Å². The van der Waals surface area contributed by atoms with Gasteiger partial charge in [-0.3, -0.25) is 4.90 Å². The van der Waals surface area contributed by atoms with Crippen molar-refractivity contribution in [3.8, 4) is 0 Å². The molecule has 1 aromatic heterocycles. The van der Waals surface area contributed by atoms with Gasteiger partial charge in [-0.15, -0.1) is 0 Å². The Morgan fingerprint density at radius 3 is 2.78 bits per heavy atom. The van der Waals surface area contributed by atoms with Gasteiger partial charge < -0.3 is 14.6 Å². The topological polar surface area (TPSA) is 44.5 Å². The van der Waals surface area contributed by atoms with Crippen LogP contribution in [-0.2, 0) is 13.1 Å². The van der Waals surface area contributed by atoms with E-state index in [1.807, 2.05) is 18.6 Å². The number of aromatic nitrogens is 2. The van der Waals surface area contributed by atoms with Gasteiger partial charge in [-0.2, -0.15) is 0 Å². The fourth-order valence-electron chi connectivity index (χ4n) is 3.25. The molecule has 5 heteroatoms. The van der Waals surface area contributed by atoms with Gasteiger partial charge in [0.05, 0.1) is 12.0 Å². The van der Waals surface area contributed by atoms with Crippen molar-refractivity contribution in [3.05, 3.63) is 54.1 Å². The SMILES string of the molecule is CN1CCN(Cc2cncn2Cc2ccccc2)CC1CCO. The number of rotatable bonds is 6. The molecule has 3 rings (SSSR count). The van der Waals surface area contributed by atoms with Crippen LogP contribution in [0.5, 0.6) is 0 Å². The second-order valence-electron chi connectivity index (χ2n) is 6.38. The molecule has 0 radical (unpaired) electrons. The lowest BCUT2D eigenvalue weighted by Gasteiger charge is -2.39. The van der Waals surface area contributed by atoms with E-state index in [9.17, 15) is 5.11 Å². The molecule has 1 aromatic carbocycles. The van der Waals surface area contributed by atoms with Crippen molar-refractivity contribution < 1.29 is 5.11 Å². The van der Waals surface area contributed by atoms with E-state index in [4.69, 9.17) is 0 Å². The minimum absolute atomic E-state index is 0.259. The lowest BCUT2D eigenvalue weighted by molar-refractivity contribution is 0.0730. The normalized spacial score (nSPS) is 20.0. The number of hydrogen-bond acceptors (Lipinski definition) is 4. The van der Waals surface area contributed by atoms with Gasteiger partial charge in [0.25, 0.3) is 0 Å². The van der Waals surface area contributed by atoms with Gasteiger partial charge in [-0.25, -0.2) is 4.98 Å². The molecule has 2 aromatic rings. The zero-order valence-electron chi connectivity index (χ0n) is 13.8. The maximum Gasteiger partial charge on any atom is 0.0951 e. The van der Waals surface area contributed by atoms with Crippen LogP contribution >= 0.6 is 0 Å². The Balaban J connectivity index is 1.63. The van der Waals surface area contributed by atoms with Crippen molar-refractivity contribution in [1.29, 1.82) is 0 Å². The summed E-state index contributed by atoms with van der Waals surface area (Å²) in [4.78, 5) is 9.17. The highest BCUT2D eigenvalue weighted by Gasteiger charge is 2.24. The molecule has 0 saturated carbocycles. The van der Waals surface area contributed by atoms with Crippen LogP contribution in [0.2, 0.25) is 0 Å². The molecule has 1 saturated heterocycles. The maximum absolute atomic E-state index is 9.23. The third kappa shape index (κ3) is 4.19. The van der Waals surface area contributed by atoms with Gasteiger partial charge in [0, 0.05) is 51.6 Å². The Morgan fingerprint density at radius 2 is 2.00 bits per heavy atom. The Kier molecular flexibility index (Phi) is 5.43. The smallest absolute Gasteiger partial charge is 0.0951 e. The minimum atomic E-state index is 0.259. The van der Waals surface area contributed by atoms with E-state index in [1.54, 1.807) is 0 Å². The molecule has 1 N–H and O–H groups in total. The first-order valence-electron chi connectivity index (χ1n) is 8.32. The molecule has 5 nitrogen and oxygen atoms in total. The molecule has 2 heterocycles. The molecule has 1 aliphatic rings. The number of benzene rings is 1. The van der Waals surface area contributed by atoms with Crippen molar-refractivity contribution in [2.45, 2.75) is 25.6 Å². The summed E-state index contributed by atoms with van der Waals surface area (Å²) in [5.41, 5.74) is 2.55. The van der Waals surface area contributed by atoms with Crippen LogP contribution in [0.4, 0.5) is 0 Å². The zero-order chi connectivity index (χ0) is 16.1. The minimum Gasteiger partial charge on any atom is -0.396 e. The summed E-state index contributed by atoms with van der Waals surface area (Å²) in [6.07, 6.45) is 4.74. The molecular formula is C18H26N4O. The third-order valence-electron chi connectivity index (χ3n) is 4.70. The highest BCUT2D eigenvalue weighted by Crippen LogP contribution is 2.15. The molecule has 1 aliphatic heterocycles. The predicted molar refractivity (Wildman–Crippen MR) is 91.2 cm³/mol. The summed E-state index contributed by atoms with van der Waals surface area (Å²) in [6, 6.07) is 10.9. The van der Waals surface area contributed by atoms with Gasteiger partial charge in [0.2, 0.25) is 0 Å². The van der Waals surface area contributed by atoms with Crippen molar-refractivity contribution in [2.24, 2.45) is 0 Å². The van der Waals surface area contributed by atoms with Gasteiger partial charge in [-0.05, 0) is 19.0 Å². The summed E-state index contributed by atoms with van der Waals surface area (Å²) in [5, 5.41) is 9.23. The first-order valence-corrected chi connectivity index (χ1v) is 8.32. The van der Waals surface area contributed by atoms with Crippen LogP contribution < -0.4 is 0 Å². The Morgan fingerprint density at radius 1 is 1.17 bits per heavy atom. The van der Waals surface area contributed by atoms with Crippen LogP contribution in [0.25, 0.3) is 0 Å². The predicted octanol–water partition coefficient (Wildman–Crippen LogP) is 1.43. The maximum atomic E-state index is 9.23. The number of nitrogens with zero attached hydrogens (tertiary/aromatic N) is 4. The number of hydrogen-bond donors (Lipinski definition) is 1. The first kappa shape index (κ1) is 16.2. The van der Waals surface area contributed by atoms with Crippen LogP contribution in [0.3, 0.4) is 0 Å². The molecule has 0 aliphatic carbocycles. The van der Waals surface area contributed by atoms with Gasteiger partial charge in [0.15, 0.2) is 0 Å². The standard InChI is InChI=1S/C18H26N4O/c1-20-8-9-21(13-17(20)7-10-23)14-18-11-19-15-22(18)12-16-5-3-2-4-6-16/h2-6,11,15,17,23H,7-10,12-14H2,1H3. The summed E-state index contributed by atoms with van der Waals surface area (Å²) < 4.78 is 2.23. The lowest BCUT2D eigenvalue weighted by atomic mass is 10.1. The number of imidazole rings is 1. The number of aliphatic hydroxyl groups is 1. The highest BCUT2D eigenvalue weighted by atomic mass is 16.3. The van der Waals surface area contributed by atoms with E-state index >= 15 is 0 Å². The number of piperazine rings is 1. The van der Waals surface area contributed by atoms with E-state index in [2.05, 4.69) is 50.7 Å². The second-order valence-corrected chi connectivity index (χ2v) is 6.38. The molecule has 1 atom stereocenters. The number of aliphatic hydroxyl groups excluding tert-OH is 1. The molecule has 0 bridgehead atoms.